The molecule has 0 saturated heterocycles. The number of halogens is 5. The van der Waals surface area contributed by atoms with Crippen LogP contribution in [-0.2, 0) is 22.2 Å². The van der Waals surface area contributed by atoms with Gasteiger partial charge in [0.05, 0.1) is 18.4 Å². The summed E-state index contributed by atoms with van der Waals surface area (Å²) in [6.07, 6.45) is -3.99. The third-order valence-electron chi connectivity index (χ3n) is 4.83. The fraction of sp³-hybridized carbons (Fsp3) is 0.211. The fourth-order valence-electron chi connectivity index (χ4n) is 3.40. The molecule has 3 aromatic rings. The Kier molecular flexibility index (Phi) is 5.11. The summed E-state index contributed by atoms with van der Waals surface area (Å²) >= 11 is 11.8. The second-order valence-electron chi connectivity index (χ2n) is 6.72. The molecule has 0 radical (unpaired) electrons. The van der Waals surface area contributed by atoms with E-state index in [0.29, 0.717) is 5.52 Å². The lowest BCUT2D eigenvalue weighted by Gasteiger charge is -2.28. The van der Waals surface area contributed by atoms with Gasteiger partial charge in [-0.15, -0.1) is 5.10 Å². The van der Waals surface area contributed by atoms with E-state index >= 15 is 0 Å². The number of aromatic nitrogens is 3. The Morgan fingerprint density at radius 1 is 1.23 bits per heavy atom. The second-order valence-corrected chi connectivity index (χ2v) is 7.59. The topological polar surface area (TPSA) is 78.3 Å². The van der Waals surface area contributed by atoms with E-state index in [2.05, 4.69) is 15.8 Å². The first-order valence-corrected chi connectivity index (χ1v) is 9.44. The minimum absolute atomic E-state index is 0.0182. The largest absolute Gasteiger partial charge is 0.465 e. The summed E-state index contributed by atoms with van der Waals surface area (Å²) in [5.74, 6) is -0.634. The molecule has 0 aliphatic carbocycles. The minimum atomic E-state index is -4.86. The number of benzene rings is 2. The summed E-state index contributed by atoms with van der Waals surface area (Å²) in [4.78, 5) is 17.2. The third kappa shape index (κ3) is 3.40. The number of hydroxylamine groups is 1. The number of hydrogen-bond acceptors (Lipinski definition) is 6. The summed E-state index contributed by atoms with van der Waals surface area (Å²) in [6.45, 7) is 0. The molecule has 31 heavy (non-hydrogen) atoms. The van der Waals surface area contributed by atoms with Gasteiger partial charge in [-0.3, -0.25) is 10.3 Å². The molecule has 1 aliphatic rings. The number of ether oxygens (including phenoxy) is 1. The molecule has 1 aliphatic heterocycles. The molecule has 0 saturated carbocycles. The molecule has 12 heteroatoms. The number of hydrogen-bond donors (Lipinski definition) is 1. The van der Waals surface area contributed by atoms with Crippen LogP contribution in [-0.4, -0.2) is 34.2 Å². The normalized spacial score (nSPS) is 18.7. The van der Waals surface area contributed by atoms with Crippen LogP contribution in [0.25, 0.3) is 16.7 Å². The maximum Gasteiger partial charge on any atom is 0.428 e. The summed E-state index contributed by atoms with van der Waals surface area (Å²) in [5.41, 5.74) is 0.0493. The number of fused-ring (bicyclic) bond motifs is 1. The lowest BCUT2D eigenvalue weighted by molar-refractivity contribution is -0.269. The molecule has 2 heterocycles. The third-order valence-corrected chi connectivity index (χ3v) is 5.27. The van der Waals surface area contributed by atoms with Crippen molar-refractivity contribution in [3.8, 4) is 0 Å². The molecule has 7 nitrogen and oxygen atoms in total. The standard InChI is InChI=1S/C19H13Cl2F3N4O3/c1-28-16-13(17(29)30-2)4-3-12(15(16)25-27-28)14-8-18(31-26-14,19(22,23)24)9-5-10(20)7-11(21)6-9/h3-8,26H,1-2H3. The van der Waals surface area contributed by atoms with Crippen LogP contribution in [0, 0.1) is 0 Å². The van der Waals surface area contributed by atoms with Gasteiger partial charge in [-0.05, 0) is 36.4 Å². The van der Waals surface area contributed by atoms with Crippen LogP contribution in [0.5, 0.6) is 0 Å². The Labute approximate surface area is 183 Å². The minimum Gasteiger partial charge on any atom is -0.465 e. The van der Waals surface area contributed by atoms with Crippen LogP contribution < -0.4 is 5.48 Å². The van der Waals surface area contributed by atoms with E-state index in [1.54, 1.807) is 7.05 Å². The zero-order chi connectivity index (χ0) is 22.6. The number of nitrogens with zero attached hydrogens (tertiary/aromatic N) is 3. The van der Waals surface area contributed by atoms with Crippen LogP contribution in [0.4, 0.5) is 13.2 Å². The van der Waals surface area contributed by atoms with Crippen molar-refractivity contribution in [2.24, 2.45) is 7.05 Å². The smallest absolute Gasteiger partial charge is 0.428 e. The van der Waals surface area contributed by atoms with E-state index in [-0.39, 0.29) is 37.9 Å². The maximum absolute atomic E-state index is 14.2. The van der Waals surface area contributed by atoms with Crippen molar-refractivity contribution >= 4 is 45.9 Å². The van der Waals surface area contributed by atoms with Crippen molar-refractivity contribution in [3.63, 3.8) is 0 Å². The van der Waals surface area contributed by atoms with Gasteiger partial charge in [0.2, 0.25) is 5.60 Å². The number of alkyl halides is 3. The first kappa shape index (κ1) is 21.4. The van der Waals surface area contributed by atoms with Gasteiger partial charge in [-0.25, -0.2) is 9.48 Å². The molecule has 162 valence electrons. The Balaban J connectivity index is 1.92. The summed E-state index contributed by atoms with van der Waals surface area (Å²) in [5, 5.41) is 7.92. The summed E-state index contributed by atoms with van der Waals surface area (Å²) < 4.78 is 48.7. The van der Waals surface area contributed by atoms with Crippen molar-refractivity contribution in [1.29, 1.82) is 0 Å². The molecular formula is C19H13Cl2F3N4O3. The fourth-order valence-corrected chi connectivity index (χ4v) is 3.93. The highest BCUT2D eigenvalue weighted by Crippen LogP contribution is 2.48. The Morgan fingerprint density at radius 3 is 2.52 bits per heavy atom. The van der Waals surface area contributed by atoms with Gasteiger partial charge in [0, 0.05) is 28.2 Å². The molecule has 1 N–H and O–H groups in total. The number of aryl methyl sites for hydroxylation is 1. The van der Waals surface area contributed by atoms with Gasteiger partial charge in [-0.2, -0.15) is 13.2 Å². The molecule has 0 amide bonds. The quantitative estimate of drug-likeness (QED) is 0.569. The molecule has 0 bridgehead atoms. The van der Waals surface area contributed by atoms with Gasteiger partial charge < -0.3 is 4.74 Å². The van der Waals surface area contributed by atoms with Crippen LogP contribution in [0.15, 0.2) is 36.4 Å². The van der Waals surface area contributed by atoms with E-state index < -0.39 is 17.7 Å². The second kappa shape index (κ2) is 7.40. The molecule has 1 aromatic heterocycles. The molecule has 1 unspecified atom stereocenters. The average molecular weight is 473 g/mol. The Hall–Kier alpha value is -2.82. The maximum atomic E-state index is 14.2. The number of carbonyl (C=O) groups excluding carboxylic acids is 1. The van der Waals surface area contributed by atoms with Gasteiger partial charge in [0.15, 0.2) is 0 Å². The Bertz CT molecular complexity index is 1220. The average Bonchev–Trinajstić information content (AvgIpc) is 3.31. The van der Waals surface area contributed by atoms with Crippen molar-refractivity contribution in [1.82, 2.24) is 20.5 Å². The zero-order valence-corrected chi connectivity index (χ0v) is 17.4. The number of methoxy groups -OCH3 is 1. The van der Waals surface area contributed by atoms with Crippen LogP contribution in [0.1, 0.15) is 21.5 Å². The van der Waals surface area contributed by atoms with Crippen LogP contribution >= 0.6 is 23.2 Å². The van der Waals surface area contributed by atoms with Gasteiger partial charge >= 0.3 is 12.1 Å². The Morgan fingerprint density at radius 2 is 1.90 bits per heavy atom. The van der Waals surface area contributed by atoms with Crippen molar-refractivity contribution in [3.05, 3.63) is 63.1 Å². The zero-order valence-electron chi connectivity index (χ0n) is 15.9. The predicted molar refractivity (Wildman–Crippen MR) is 106 cm³/mol. The monoisotopic (exact) mass is 472 g/mol. The number of carbonyl (C=O) groups is 1. The summed E-state index contributed by atoms with van der Waals surface area (Å²) in [6, 6.07) is 6.42. The van der Waals surface area contributed by atoms with E-state index in [4.69, 9.17) is 32.8 Å². The van der Waals surface area contributed by atoms with E-state index in [9.17, 15) is 18.0 Å². The number of nitrogens with one attached hydrogen (secondary N) is 1. The van der Waals surface area contributed by atoms with Gasteiger partial charge in [0.1, 0.15) is 11.0 Å². The van der Waals surface area contributed by atoms with Gasteiger partial charge in [0.25, 0.3) is 0 Å². The van der Waals surface area contributed by atoms with E-state index in [1.807, 2.05) is 0 Å². The molecule has 1 atom stereocenters. The summed E-state index contributed by atoms with van der Waals surface area (Å²) in [7, 11) is 2.76. The lowest BCUT2D eigenvalue weighted by atomic mass is 9.91. The lowest BCUT2D eigenvalue weighted by Crippen LogP contribution is -2.42. The van der Waals surface area contributed by atoms with Crippen molar-refractivity contribution in [2.45, 2.75) is 11.8 Å². The predicted octanol–water partition coefficient (Wildman–Crippen LogP) is 4.40. The van der Waals surface area contributed by atoms with E-state index in [0.717, 1.165) is 18.2 Å². The van der Waals surface area contributed by atoms with E-state index in [1.165, 1.54) is 30.0 Å². The first-order chi connectivity index (χ1) is 14.6. The van der Waals surface area contributed by atoms with Gasteiger partial charge in [-0.1, -0.05) is 28.4 Å². The molecule has 0 spiro atoms. The van der Waals surface area contributed by atoms with Crippen molar-refractivity contribution < 1.29 is 27.5 Å². The van der Waals surface area contributed by atoms with Crippen molar-refractivity contribution in [2.75, 3.05) is 7.11 Å². The first-order valence-electron chi connectivity index (χ1n) is 8.68. The molecule has 0 fully saturated rings. The van der Waals surface area contributed by atoms with Crippen LogP contribution in [0.3, 0.4) is 0 Å². The molecule has 2 aromatic carbocycles. The highest BCUT2D eigenvalue weighted by Gasteiger charge is 2.59. The number of rotatable bonds is 3. The highest BCUT2D eigenvalue weighted by molar-refractivity contribution is 6.34. The SMILES string of the molecule is COC(=O)c1ccc(C2=CC(c3cc(Cl)cc(Cl)c3)(C(F)(F)F)ON2)c2nnn(C)c12. The highest BCUT2D eigenvalue weighted by atomic mass is 35.5. The molecule has 4 rings (SSSR count). The number of esters is 1. The van der Waals surface area contributed by atoms with Crippen LogP contribution in [0.2, 0.25) is 10.0 Å². The molecular weight excluding hydrogens is 460 g/mol.